The van der Waals surface area contributed by atoms with Gasteiger partial charge in [0.15, 0.2) is 5.96 Å². The minimum atomic E-state index is -3.02. The Kier molecular flexibility index (Phi) is 9.39. The molecule has 0 unspecified atom stereocenters. The van der Waals surface area contributed by atoms with Gasteiger partial charge in [-0.2, -0.15) is 13.2 Å². The summed E-state index contributed by atoms with van der Waals surface area (Å²) in [6.07, 6.45) is 0.806. The summed E-state index contributed by atoms with van der Waals surface area (Å²) >= 11 is 1.40. The average molecular weight is 556 g/mol. The van der Waals surface area contributed by atoms with Gasteiger partial charge in [-0.1, -0.05) is 13.0 Å². The van der Waals surface area contributed by atoms with Gasteiger partial charge in [0.05, 0.1) is 0 Å². The van der Waals surface area contributed by atoms with Crippen molar-refractivity contribution in [1.82, 2.24) is 19.6 Å². The van der Waals surface area contributed by atoms with Crippen molar-refractivity contribution in [2.24, 2.45) is 4.99 Å². The largest absolute Gasteiger partial charge is 0.434 e. The van der Waals surface area contributed by atoms with Crippen LogP contribution in [0.4, 0.5) is 18.3 Å². The summed E-state index contributed by atoms with van der Waals surface area (Å²) in [4.78, 5) is 13.0. The first-order valence-corrected chi connectivity index (χ1v) is 10.0. The Labute approximate surface area is 194 Å². The summed E-state index contributed by atoms with van der Waals surface area (Å²) in [5.74, 6) is 0.619. The molecule has 0 radical (unpaired) electrons. The molecule has 1 aliphatic heterocycles. The predicted octanol–water partition coefficient (Wildman–Crippen LogP) is 3.36. The Morgan fingerprint density at radius 3 is 2.63 bits per heavy atom. The number of guanidine groups is 1. The van der Waals surface area contributed by atoms with Crippen LogP contribution in [0, 0.1) is 5.82 Å². The number of benzene rings is 1. The summed E-state index contributed by atoms with van der Waals surface area (Å²) in [6.45, 7) is 1.87. The van der Waals surface area contributed by atoms with Crippen LogP contribution in [0.2, 0.25) is 0 Å². The van der Waals surface area contributed by atoms with E-state index in [2.05, 4.69) is 29.3 Å². The molecule has 12 heteroatoms. The number of rotatable bonds is 6. The van der Waals surface area contributed by atoms with Gasteiger partial charge in [0.1, 0.15) is 17.4 Å². The fourth-order valence-corrected chi connectivity index (χ4v) is 3.84. The number of anilines is 1. The molecule has 2 aromatic rings. The first kappa shape index (κ1) is 24.4. The number of aromatic nitrogens is 2. The van der Waals surface area contributed by atoms with Gasteiger partial charge in [-0.15, -0.1) is 24.0 Å². The maximum absolute atomic E-state index is 14.1. The van der Waals surface area contributed by atoms with E-state index in [0.717, 1.165) is 30.5 Å². The highest BCUT2D eigenvalue weighted by atomic mass is 127. The lowest BCUT2D eigenvalue weighted by Crippen LogP contribution is -2.52. The van der Waals surface area contributed by atoms with E-state index >= 15 is 0 Å². The smallest absolute Gasteiger partial charge is 0.387 e. The van der Waals surface area contributed by atoms with Crippen molar-refractivity contribution >= 4 is 46.6 Å². The minimum Gasteiger partial charge on any atom is -0.434 e. The monoisotopic (exact) mass is 556 g/mol. The maximum Gasteiger partial charge on any atom is 0.387 e. The van der Waals surface area contributed by atoms with Crippen LogP contribution in [0.5, 0.6) is 5.75 Å². The number of aryl methyl sites for hydroxylation is 1. The van der Waals surface area contributed by atoms with E-state index in [-0.39, 0.29) is 41.8 Å². The van der Waals surface area contributed by atoms with E-state index in [1.807, 2.05) is 11.8 Å². The van der Waals surface area contributed by atoms with Crippen molar-refractivity contribution < 1.29 is 17.9 Å². The van der Waals surface area contributed by atoms with E-state index in [1.165, 1.54) is 29.7 Å². The van der Waals surface area contributed by atoms with Gasteiger partial charge in [0, 0.05) is 63.3 Å². The number of nitrogens with one attached hydrogen (secondary N) is 1. The Bertz CT molecular complexity index is 845. The van der Waals surface area contributed by atoms with Gasteiger partial charge in [0.2, 0.25) is 5.13 Å². The third-order valence-corrected chi connectivity index (χ3v) is 5.37. The van der Waals surface area contributed by atoms with Crippen molar-refractivity contribution in [3.8, 4) is 5.75 Å². The quantitative estimate of drug-likeness (QED) is 0.335. The zero-order chi connectivity index (χ0) is 20.8. The average Bonchev–Trinajstić information content (AvgIpc) is 3.19. The van der Waals surface area contributed by atoms with Gasteiger partial charge in [-0.05, 0) is 12.1 Å². The van der Waals surface area contributed by atoms with E-state index in [0.29, 0.717) is 19.0 Å². The third-order valence-electron chi connectivity index (χ3n) is 4.55. The molecular weight excluding hydrogens is 532 g/mol. The molecule has 0 aliphatic carbocycles. The Morgan fingerprint density at radius 1 is 1.30 bits per heavy atom. The molecule has 0 atom stereocenters. The summed E-state index contributed by atoms with van der Waals surface area (Å²) in [5.41, 5.74) is 0.0357. The van der Waals surface area contributed by atoms with Crippen LogP contribution in [-0.2, 0) is 13.0 Å². The zero-order valence-electron chi connectivity index (χ0n) is 16.6. The molecule has 3 rings (SSSR count). The standard InChI is InChI=1S/C18H23F3N6OS.HI/c1-3-15-24-18(29-25-15)27-9-7-26(8-10-27)17(22-2)23-11-12-13(19)5-4-6-14(12)28-16(20)21;/h4-6,16H,3,7-11H2,1-2H3,(H,22,23);1H. The zero-order valence-corrected chi connectivity index (χ0v) is 19.8. The lowest BCUT2D eigenvalue weighted by atomic mass is 10.2. The Balaban J connectivity index is 0.00000320. The highest BCUT2D eigenvalue weighted by Crippen LogP contribution is 2.23. The van der Waals surface area contributed by atoms with Crippen molar-refractivity contribution in [2.75, 3.05) is 38.1 Å². The van der Waals surface area contributed by atoms with Crippen LogP contribution in [0.25, 0.3) is 0 Å². The van der Waals surface area contributed by atoms with E-state index in [4.69, 9.17) is 0 Å². The second kappa shape index (κ2) is 11.5. The predicted molar refractivity (Wildman–Crippen MR) is 122 cm³/mol. The SMILES string of the molecule is CCc1nsc(N2CCN(C(=NC)NCc3c(F)cccc3OC(F)F)CC2)n1.I. The molecule has 1 N–H and O–H groups in total. The fraction of sp³-hybridized carbons (Fsp3) is 0.500. The summed E-state index contributed by atoms with van der Waals surface area (Å²) < 4.78 is 48.0. The second-order valence-electron chi connectivity index (χ2n) is 6.32. The van der Waals surface area contributed by atoms with Crippen LogP contribution >= 0.6 is 35.5 Å². The van der Waals surface area contributed by atoms with Crippen molar-refractivity contribution in [3.63, 3.8) is 0 Å². The van der Waals surface area contributed by atoms with Gasteiger partial charge in [0.25, 0.3) is 0 Å². The van der Waals surface area contributed by atoms with Crippen LogP contribution in [0.3, 0.4) is 0 Å². The minimum absolute atomic E-state index is 0. The molecule has 166 valence electrons. The third kappa shape index (κ3) is 6.09. The first-order valence-electron chi connectivity index (χ1n) is 9.27. The topological polar surface area (TPSA) is 65.9 Å². The fourth-order valence-electron chi connectivity index (χ4n) is 3.04. The lowest BCUT2D eigenvalue weighted by Gasteiger charge is -2.36. The highest BCUT2D eigenvalue weighted by molar-refractivity contribution is 14.0. The molecule has 0 saturated carbocycles. The molecule has 1 fully saturated rings. The summed E-state index contributed by atoms with van der Waals surface area (Å²) in [5, 5.41) is 3.95. The number of halogens is 4. The number of aliphatic imine (C=N–C) groups is 1. The lowest BCUT2D eigenvalue weighted by molar-refractivity contribution is -0.0506. The number of nitrogens with zero attached hydrogens (tertiary/aromatic N) is 5. The maximum atomic E-state index is 14.1. The normalized spacial score (nSPS) is 14.7. The first-order chi connectivity index (χ1) is 14.0. The number of alkyl halides is 2. The second-order valence-corrected chi connectivity index (χ2v) is 7.05. The molecule has 1 aromatic heterocycles. The van der Waals surface area contributed by atoms with E-state index in [9.17, 15) is 13.2 Å². The van der Waals surface area contributed by atoms with E-state index < -0.39 is 12.4 Å². The van der Waals surface area contributed by atoms with Gasteiger partial charge < -0.3 is 19.9 Å². The number of ether oxygens (including phenoxy) is 1. The van der Waals surface area contributed by atoms with Crippen LogP contribution < -0.4 is 15.0 Å². The van der Waals surface area contributed by atoms with Crippen molar-refractivity contribution in [3.05, 3.63) is 35.4 Å². The van der Waals surface area contributed by atoms with Crippen molar-refractivity contribution in [1.29, 1.82) is 0 Å². The van der Waals surface area contributed by atoms with Crippen LogP contribution in [0.15, 0.2) is 23.2 Å². The molecule has 7 nitrogen and oxygen atoms in total. The molecule has 1 aliphatic rings. The molecule has 2 heterocycles. The van der Waals surface area contributed by atoms with E-state index in [1.54, 1.807) is 7.05 Å². The van der Waals surface area contributed by atoms with Crippen molar-refractivity contribution in [2.45, 2.75) is 26.5 Å². The summed E-state index contributed by atoms with van der Waals surface area (Å²) in [6, 6.07) is 3.87. The van der Waals surface area contributed by atoms with Crippen LogP contribution in [-0.4, -0.2) is 60.1 Å². The molecule has 0 amide bonds. The number of hydrogen-bond acceptors (Lipinski definition) is 6. The number of hydrogen-bond donors (Lipinski definition) is 1. The molecule has 30 heavy (non-hydrogen) atoms. The molecule has 1 aromatic carbocycles. The molecule has 0 spiro atoms. The van der Waals surface area contributed by atoms with Gasteiger partial charge in [-0.25, -0.2) is 9.37 Å². The van der Waals surface area contributed by atoms with Crippen LogP contribution in [0.1, 0.15) is 18.3 Å². The molecular formula is C18H24F3IN6OS. The molecule has 0 bridgehead atoms. The Hall–Kier alpha value is -1.83. The number of piperazine rings is 1. The van der Waals surface area contributed by atoms with Gasteiger partial charge >= 0.3 is 6.61 Å². The summed E-state index contributed by atoms with van der Waals surface area (Å²) in [7, 11) is 1.63. The highest BCUT2D eigenvalue weighted by Gasteiger charge is 2.22. The Morgan fingerprint density at radius 2 is 2.03 bits per heavy atom. The molecule has 1 saturated heterocycles. The van der Waals surface area contributed by atoms with Gasteiger partial charge in [-0.3, -0.25) is 4.99 Å².